The molecule has 0 radical (unpaired) electrons. The van der Waals surface area contributed by atoms with Gasteiger partial charge in [-0.2, -0.15) is 9.29 Å². The molecule has 2 aromatic carbocycles. The van der Waals surface area contributed by atoms with Gasteiger partial charge >= 0.3 is 0 Å². The quantitative estimate of drug-likeness (QED) is 0.530. The summed E-state index contributed by atoms with van der Waals surface area (Å²) in [5.41, 5.74) is 0.810. The van der Waals surface area contributed by atoms with Gasteiger partial charge in [-0.1, -0.05) is 35.5 Å². The van der Waals surface area contributed by atoms with E-state index in [9.17, 15) is 8.42 Å². The molecule has 8 heteroatoms. The minimum atomic E-state index is -3.54. The summed E-state index contributed by atoms with van der Waals surface area (Å²) < 4.78 is 32.6. The average molecular weight is 392 g/mol. The molecule has 0 atom stereocenters. The van der Waals surface area contributed by atoms with Gasteiger partial charge in [0.1, 0.15) is 0 Å². The van der Waals surface area contributed by atoms with Gasteiger partial charge in [-0.15, -0.1) is 0 Å². The Labute approximate surface area is 161 Å². The van der Waals surface area contributed by atoms with Crippen molar-refractivity contribution in [2.24, 2.45) is 0 Å². The number of nitrogens with zero attached hydrogens (tertiary/aromatic N) is 4. The first-order chi connectivity index (χ1) is 13.6. The summed E-state index contributed by atoms with van der Waals surface area (Å²) in [7, 11) is -3.54. The second kappa shape index (κ2) is 6.50. The highest BCUT2D eigenvalue weighted by molar-refractivity contribution is 7.89. The van der Waals surface area contributed by atoms with E-state index in [-0.39, 0.29) is 5.92 Å². The van der Waals surface area contributed by atoms with Gasteiger partial charge < -0.3 is 4.52 Å². The summed E-state index contributed by atoms with van der Waals surface area (Å²) in [4.78, 5) is 8.67. The van der Waals surface area contributed by atoms with Gasteiger partial charge in [0.2, 0.25) is 21.7 Å². The van der Waals surface area contributed by atoms with Crippen LogP contribution in [-0.2, 0) is 10.0 Å². The molecule has 2 aromatic heterocycles. The lowest BCUT2D eigenvalue weighted by Gasteiger charge is -2.35. The molecule has 1 saturated heterocycles. The fraction of sp³-hybridized carbons (Fsp3) is 0.150. The fourth-order valence-electron chi connectivity index (χ4n) is 3.29. The van der Waals surface area contributed by atoms with Crippen LogP contribution in [0.15, 0.2) is 76.4 Å². The summed E-state index contributed by atoms with van der Waals surface area (Å²) in [6.07, 6.45) is 3.32. The van der Waals surface area contributed by atoms with Crippen LogP contribution >= 0.6 is 0 Å². The third kappa shape index (κ3) is 2.87. The molecule has 0 saturated carbocycles. The number of fused-ring (bicyclic) bond motifs is 1. The normalized spacial score (nSPS) is 15.6. The van der Waals surface area contributed by atoms with Crippen LogP contribution in [0.25, 0.3) is 22.2 Å². The van der Waals surface area contributed by atoms with Crippen LogP contribution in [-0.4, -0.2) is 40.9 Å². The van der Waals surface area contributed by atoms with Crippen molar-refractivity contribution in [1.82, 2.24) is 19.4 Å². The maximum Gasteiger partial charge on any atom is 0.243 e. The highest BCUT2D eigenvalue weighted by Crippen LogP contribution is 2.32. The van der Waals surface area contributed by atoms with Crippen LogP contribution < -0.4 is 0 Å². The maximum absolute atomic E-state index is 12.9. The van der Waals surface area contributed by atoms with Crippen molar-refractivity contribution in [1.29, 1.82) is 0 Å². The highest BCUT2D eigenvalue weighted by Gasteiger charge is 2.40. The molecule has 28 heavy (non-hydrogen) atoms. The van der Waals surface area contributed by atoms with Crippen molar-refractivity contribution in [2.75, 3.05) is 13.1 Å². The van der Waals surface area contributed by atoms with Crippen molar-refractivity contribution in [2.45, 2.75) is 10.8 Å². The van der Waals surface area contributed by atoms with E-state index in [0.717, 1.165) is 16.3 Å². The van der Waals surface area contributed by atoms with Gasteiger partial charge in [-0.3, -0.25) is 4.98 Å². The Morgan fingerprint density at radius 2 is 1.71 bits per heavy atom. The molecule has 1 aliphatic rings. The lowest BCUT2D eigenvalue weighted by Crippen LogP contribution is -2.48. The average Bonchev–Trinajstić information content (AvgIpc) is 3.16. The number of hydrogen-bond acceptors (Lipinski definition) is 6. The van der Waals surface area contributed by atoms with Crippen LogP contribution in [0.2, 0.25) is 0 Å². The van der Waals surface area contributed by atoms with Crippen LogP contribution in [0.4, 0.5) is 0 Å². The van der Waals surface area contributed by atoms with Crippen molar-refractivity contribution in [3.8, 4) is 11.4 Å². The number of sulfonamides is 1. The molecule has 0 amide bonds. The largest absolute Gasteiger partial charge is 0.339 e. The van der Waals surface area contributed by atoms with Gasteiger partial charge in [0, 0.05) is 31.0 Å². The predicted molar refractivity (Wildman–Crippen MR) is 103 cm³/mol. The number of rotatable bonds is 4. The summed E-state index contributed by atoms with van der Waals surface area (Å²) in [6.45, 7) is 0.653. The molecule has 3 heterocycles. The zero-order valence-corrected chi connectivity index (χ0v) is 15.6. The van der Waals surface area contributed by atoms with Gasteiger partial charge in [-0.25, -0.2) is 8.42 Å². The number of aromatic nitrogens is 3. The number of hydrogen-bond donors (Lipinski definition) is 0. The molecular weight excluding hydrogens is 376 g/mol. The first kappa shape index (κ1) is 17.0. The Kier molecular flexibility index (Phi) is 3.96. The van der Waals surface area contributed by atoms with E-state index in [1.54, 1.807) is 36.7 Å². The molecule has 5 rings (SSSR count). The molecule has 0 spiro atoms. The minimum absolute atomic E-state index is 0.0988. The van der Waals surface area contributed by atoms with Gasteiger partial charge in [0.15, 0.2) is 0 Å². The number of benzene rings is 2. The molecule has 7 nitrogen and oxygen atoms in total. The molecule has 1 fully saturated rings. The van der Waals surface area contributed by atoms with E-state index in [4.69, 9.17) is 4.52 Å². The molecule has 140 valence electrons. The summed E-state index contributed by atoms with van der Waals surface area (Å²) in [5, 5.41) is 5.90. The van der Waals surface area contributed by atoms with Crippen LogP contribution in [0.1, 0.15) is 11.8 Å². The first-order valence-corrected chi connectivity index (χ1v) is 10.3. The standard InChI is InChI=1S/C20H16N4O3S/c25-28(26,18-6-5-14-3-1-2-4-16(14)11-18)24-12-17(13-24)20-22-19(23-27-20)15-7-9-21-10-8-15/h1-11,17H,12-13H2. The zero-order valence-electron chi connectivity index (χ0n) is 14.8. The van der Waals surface area contributed by atoms with Crippen molar-refractivity contribution < 1.29 is 12.9 Å². The molecule has 1 aliphatic heterocycles. The Morgan fingerprint density at radius 1 is 0.964 bits per heavy atom. The maximum atomic E-state index is 12.9. The Hall–Kier alpha value is -3.10. The lowest BCUT2D eigenvalue weighted by atomic mass is 10.0. The zero-order chi connectivity index (χ0) is 19.1. The topological polar surface area (TPSA) is 89.2 Å². The first-order valence-electron chi connectivity index (χ1n) is 8.84. The molecule has 0 unspecified atom stereocenters. The molecule has 0 bridgehead atoms. The minimum Gasteiger partial charge on any atom is -0.339 e. The molecular formula is C20H16N4O3S. The summed E-state index contributed by atoms with van der Waals surface area (Å²) >= 11 is 0. The van der Waals surface area contributed by atoms with Crippen molar-refractivity contribution in [3.63, 3.8) is 0 Å². The summed E-state index contributed by atoms with van der Waals surface area (Å²) in [6, 6.07) is 16.5. The van der Waals surface area contributed by atoms with E-state index in [1.165, 1.54) is 4.31 Å². The van der Waals surface area contributed by atoms with Crippen LogP contribution in [0.5, 0.6) is 0 Å². The monoisotopic (exact) mass is 392 g/mol. The molecule has 0 aliphatic carbocycles. The second-order valence-corrected chi connectivity index (χ2v) is 8.66. The lowest BCUT2D eigenvalue weighted by molar-refractivity contribution is 0.217. The fourth-order valence-corrected chi connectivity index (χ4v) is 4.85. The number of pyridine rings is 1. The van der Waals surface area contributed by atoms with Gasteiger partial charge in [0.25, 0.3) is 0 Å². The van der Waals surface area contributed by atoms with Crippen molar-refractivity contribution in [3.05, 3.63) is 72.9 Å². The Bertz CT molecular complexity index is 1250. The third-order valence-corrected chi connectivity index (χ3v) is 6.76. The van der Waals surface area contributed by atoms with E-state index in [0.29, 0.717) is 29.7 Å². The third-order valence-electron chi connectivity index (χ3n) is 4.94. The van der Waals surface area contributed by atoms with Gasteiger partial charge in [0.05, 0.1) is 10.8 Å². The summed E-state index contributed by atoms with van der Waals surface area (Å²) in [5.74, 6) is 0.836. The van der Waals surface area contributed by atoms with Crippen LogP contribution in [0, 0.1) is 0 Å². The van der Waals surface area contributed by atoms with E-state index in [2.05, 4.69) is 15.1 Å². The van der Waals surface area contributed by atoms with Crippen LogP contribution in [0.3, 0.4) is 0 Å². The second-order valence-electron chi connectivity index (χ2n) is 6.72. The van der Waals surface area contributed by atoms with E-state index < -0.39 is 10.0 Å². The Morgan fingerprint density at radius 3 is 2.50 bits per heavy atom. The molecule has 0 N–H and O–H groups in total. The highest BCUT2D eigenvalue weighted by atomic mass is 32.2. The smallest absolute Gasteiger partial charge is 0.243 e. The van der Waals surface area contributed by atoms with E-state index >= 15 is 0 Å². The van der Waals surface area contributed by atoms with E-state index in [1.807, 2.05) is 30.3 Å². The van der Waals surface area contributed by atoms with Gasteiger partial charge in [-0.05, 0) is 35.0 Å². The van der Waals surface area contributed by atoms with Crippen molar-refractivity contribution >= 4 is 20.8 Å². The SMILES string of the molecule is O=S(=O)(c1ccc2ccccc2c1)N1CC(c2nc(-c3ccncc3)no2)C1. The Balaban J connectivity index is 1.34. The molecule has 4 aromatic rings. The predicted octanol–water partition coefficient (Wildman–Crippen LogP) is 3.07.